The minimum Gasteiger partial charge on any atom is -0.378 e. The van der Waals surface area contributed by atoms with Crippen molar-refractivity contribution in [2.24, 2.45) is 0 Å². The molecule has 1 heterocycles. The van der Waals surface area contributed by atoms with E-state index in [0.717, 1.165) is 11.3 Å². The fourth-order valence-electron chi connectivity index (χ4n) is 2.56. The third-order valence-electron chi connectivity index (χ3n) is 4.06. The zero-order valence-electron chi connectivity index (χ0n) is 15.3. The molecule has 5 nitrogen and oxygen atoms in total. The molecule has 132 valence electrons. The molecule has 0 atom stereocenters. The summed E-state index contributed by atoms with van der Waals surface area (Å²) in [4.78, 5) is 28.9. The van der Waals surface area contributed by atoms with Crippen molar-refractivity contribution in [3.05, 3.63) is 64.6 Å². The number of anilines is 1. The molecule has 0 N–H and O–H groups in total. The van der Waals surface area contributed by atoms with Crippen molar-refractivity contribution < 1.29 is 4.79 Å². The first kappa shape index (κ1) is 18.5. The second kappa shape index (κ2) is 8.33. The Hall–Kier alpha value is -2.82. The van der Waals surface area contributed by atoms with Crippen LogP contribution in [0.2, 0.25) is 0 Å². The predicted molar refractivity (Wildman–Crippen MR) is 104 cm³/mol. The first-order valence-corrected chi connectivity index (χ1v) is 8.44. The number of carbonyl (C=O) groups excluding carboxylic acids is 1. The normalized spacial score (nSPS) is 11.3. The molecule has 0 saturated heterocycles. The molecule has 0 unspecified atom stereocenters. The number of carbonyl (C=O) groups is 1. The molecule has 1 aromatic heterocycles. The Labute approximate surface area is 148 Å². The summed E-state index contributed by atoms with van der Waals surface area (Å²) < 4.78 is 1.40. The predicted octanol–water partition coefficient (Wildman–Crippen LogP) is 2.78. The van der Waals surface area contributed by atoms with E-state index in [0.29, 0.717) is 18.8 Å². The number of hydrogen-bond donors (Lipinski definition) is 0. The highest BCUT2D eigenvalue weighted by Gasteiger charge is 2.18. The van der Waals surface area contributed by atoms with Crippen molar-refractivity contribution in [1.82, 2.24) is 9.47 Å². The van der Waals surface area contributed by atoms with Gasteiger partial charge < -0.3 is 9.80 Å². The van der Waals surface area contributed by atoms with Crippen LogP contribution in [0.1, 0.15) is 19.4 Å². The molecule has 2 aromatic rings. The van der Waals surface area contributed by atoms with E-state index in [-0.39, 0.29) is 11.5 Å². The number of aromatic nitrogens is 1. The SMILES string of the molecule is CCN(CC)C(=O)C(=Cc1ccc(N(C)C)cc1)n1ccccc1=O. The Morgan fingerprint density at radius 3 is 2.20 bits per heavy atom. The van der Waals surface area contributed by atoms with Crippen LogP contribution < -0.4 is 10.5 Å². The fourth-order valence-corrected chi connectivity index (χ4v) is 2.56. The molecule has 0 bridgehead atoms. The molecule has 5 heteroatoms. The summed E-state index contributed by atoms with van der Waals surface area (Å²) in [5, 5.41) is 0. The minimum atomic E-state index is -0.223. The molecule has 25 heavy (non-hydrogen) atoms. The Balaban J connectivity index is 2.52. The van der Waals surface area contributed by atoms with Crippen LogP contribution in [0.15, 0.2) is 53.5 Å². The van der Waals surface area contributed by atoms with E-state index in [1.54, 1.807) is 29.3 Å². The van der Waals surface area contributed by atoms with E-state index < -0.39 is 0 Å². The summed E-state index contributed by atoms with van der Waals surface area (Å²) in [5.41, 5.74) is 2.08. The van der Waals surface area contributed by atoms with Crippen LogP contribution in [0.25, 0.3) is 11.8 Å². The average molecular weight is 339 g/mol. The Morgan fingerprint density at radius 2 is 1.68 bits per heavy atom. The largest absolute Gasteiger partial charge is 0.378 e. The smallest absolute Gasteiger partial charge is 0.270 e. The summed E-state index contributed by atoms with van der Waals surface area (Å²) in [6, 6.07) is 12.7. The van der Waals surface area contributed by atoms with Gasteiger partial charge in [0.15, 0.2) is 0 Å². The van der Waals surface area contributed by atoms with Crippen LogP contribution in [0.4, 0.5) is 5.69 Å². The number of pyridine rings is 1. The summed E-state index contributed by atoms with van der Waals surface area (Å²) in [7, 11) is 3.95. The molecule has 0 saturated carbocycles. The quantitative estimate of drug-likeness (QED) is 0.760. The van der Waals surface area contributed by atoms with Crippen molar-refractivity contribution in [1.29, 1.82) is 0 Å². The van der Waals surface area contributed by atoms with Crippen molar-refractivity contribution in [2.75, 3.05) is 32.1 Å². The second-order valence-corrected chi connectivity index (χ2v) is 5.90. The molecule has 0 radical (unpaired) electrons. The van der Waals surface area contributed by atoms with Crippen LogP contribution in [0, 0.1) is 0 Å². The van der Waals surface area contributed by atoms with Gasteiger partial charge >= 0.3 is 0 Å². The van der Waals surface area contributed by atoms with Crippen molar-refractivity contribution in [2.45, 2.75) is 13.8 Å². The van der Waals surface area contributed by atoms with Crippen LogP contribution >= 0.6 is 0 Å². The Kier molecular flexibility index (Phi) is 6.17. The van der Waals surface area contributed by atoms with Gasteiger partial charge in [-0.3, -0.25) is 14.2 Å². The first-order valence-electron chi connectivity index (χ1n) is 8.44. The fraction of sp³-hybridized carbons (Fsp3) is 0.300. The number of benzene rings is 1. The number of nitrogens with zero attached hydrogens (tertiary/aromatic N) is 3. The molecule has 0 spiro atoms. The van der Waals surface area contributed by atoms with Gasteiger partial charge in [0.25, 0.3) is 11.5 Å². The molecule has 2 rings (SSSR count). The highest BCUT2D eigenvalue weighted by molar-refractivity contribution is 6.18. The van der Waals surface area contributed by atoms with Gasteiger partial charge in [-0.1, -0.05) is 18.2 Å². The first-order chi connectivity index (χ1) is 12.0. The van der Waals surface area contributed by atoms with E-state index in [2.05, 4.69) is 0 Å². The lowest BCUT2D eigenvalue weighted by Gasteiger charge is -2.21. The van der Waals surface area contributed by atoms with Crippen LogP contribution in [0.3, 0.4) is 0 Å². The lowest BCUT2D eigenvalue weighted by atomic mass is 10.1. The summed E-state index contributed by atoms with van der Waals surface area (Å²) >= 11 is 0. The summed E-state index contributed by atoms with van der Waals surface area (Å²) in [6.45, 7) is 5.04. The van der Waals surface area contributed by atoms with Gasteiger partial charge in [-0.2, -0.15) is 0 Å². The third-order valence-corrected chi connectivity index (χ3v) is 4.06. The molecule has 1 amide bonds. The van der Waals surface area contributed by atoms with Crippen LogP contribution in [-0.2, 0) is 4.79 Å². The van der Waals surface area contributed by atoms with E-state index in [1.807, 2.05) is 57.1 Å². The van der Waals surface area contributed by atoms with Crippen molar-refractivity contribution in [3.63, 3.8) is 0 Å². The molecule has 0 aliphatic rings. The van der Waals surface area contributed by atoms with Crippen molar-refractivity contribution >= 4 is 23.4 Å². The lowest BCUT2D eigenvalue weighted by Crippen LogP contribution is -2.35. The maximum absolute atomic E-state index is 12.9. The minimum absolute atomic E-state index is 0.157. The third kappa shape index (κ3) is 4.38. The number of hydrogen-bond acceptors (Lipinski definition) is 3. The van der Waals surface area contributed by atoms with Gasteiger partial charge in [-0.25, -0.2) is 0 Å². The monoisotopic (exact) mass is 339 g/mol. The van der Waals surface area contributed by atoms with E-state index in [1.165, 1.54) is 10.6 Å². The Morgan fingerprint density at radius 1 is 1.04 bits per heavy atom. The molecule has 1 aromatic carbocycles. The Bertz CT molecular complexity index is 800. The average Bonchev–Trinajstić information content (AvgIpc) is 2.61. The van der Waals surface area contributed by atoms with E-state index >= 15 is 0 Å². The highest BCUT2D eigenvalue weighted by atomic mass is 16.2. The van der Waals surface area contributed by atoms with E-state index in [9.17, 15) is 9.59 Å². The van der Waals surface area contributed by atoms with Crippen LogP contribution in [0.5, 0.6) is 0 Å². The van der Waals surface area contributed by atoms with Crippen LogP contribution in [-0.4, -0.2) is 42.6 Å². The zero-order valence-corrected chi connectivity index (χ0v) is 15.3. The number of rotatable bonds is 6. The van der Waals surface area contributed by atoms with Crippen molar-refractivity contribution in [3.8, 4) is 0 Å². The van der Waals surface area contributed by atoms with E-state index in [4.69, 9.17) is 0 Å². The molecular formula is C20H25N3O2. The molecule has 0 aliphatic carbocycles. The number of likely N-dealkylation sites (N-methyl/N-ethyl adjacent to an activating group) is 1. The van der Waals surface area contributed by atoms with Gasteiger partial charge in [0.2, 0.25) is 0 Å². The topological polar surface area (TPSA) is 45.6 Å². The van der Waals surface area contributed by atoms with Gasteiger partial charge in [0, 0.05) is 45.1 Å². The summed E-state index contributed by atoms with van der Waals surface area (Å²) in [5.74, 6) is -0.157. The summed E-state index contributed by atoms with van der Waals surface area (Å²) in [6.07, 6.45) is 3.39. The molecule has 0 aliphatic heterocycles. The molecular weight excluding hydrogens is 314 g/mol. The lowest BCUT2D eigenvalue weighted by molar-refractivity contribution is -0.125. The van der Waals surface area contributed by atoms with Gasteiger partial charge in [-0.05, 0) is 43.7 Å². The molecule has 0 fully saturated rings. The maximum Gasteiger partial charge on any atom is 0.270 e. The second-order valence-electron chi connectivity index (χ2n) is 5.90. The maximum atomic E-state index is 12.9. The standard InChI is InChI=1S/C20H25N3O2/c1-5-22(6-2)20(25)18(23-14-8-7-9-19(23)24)15-16-10-12-17(13-11-16)21(3)4/h7-15H,5-6H2,1-4H3. The number of amides is 1. The van der Waals surface area contributed by atoms with Gasteiger partial charge in [0.1, 0.15) is 5.70 Å². The van der Waals surface area contributed by atoms with Gasteiger partial charge in [-0.15, -0.1) is 0 Å². The van der Waals surface area contributed by atoms with Gasteiger partial charge in [0.05, 0.1) is 0 Å². The zero-order chi connectivity index (χ0) is 18.4. The highest BCUT2D eigenvalue weighted by Crippen LogP contribution is 2.17.